The Morgan fingerprint density at radius 1 is 0.519 bits per heavy atom. The minimum Gasteiger partial charge on any atom is -0.0859 e. The lowest BCUT2D eigenvalue weighted by Gasteiger charge is -2.31. The van der Waals surface area contributed by atoms with Crippen molar-refractivity contribution in [2.24, 2.45) is 23.7 Å². The van der Waals surface area contributed by atoms with Gasteiger partial charge >= 0.3 is 0 Å². The Bertz CT molecular complexity index is 288. The van der Waals surface area contributed by atoms with Crippen molar-refractivity contribution >= 4 is 7.85 Å². The van der Waals surface area contributed by atoms with E-state index in [0.717, 1.165) is 24.1 Å². The van der Waals surface area contributed by atoms with E-state index in [0.29, 0.717) is 5.92 Å². The third kappa shape index (κ3) is 14.7. The molecule has 27 heavy (non-hydrogen) atoms. The van der Waals surface area contributed by atoms with Crippen LogP contribution in [-0.4, -0.2) is 7.85 Å². The van der Waals surface area contributed by atoms with Crippen LogP contribution in [-0.2, 0) is 0 Å². The van der Waals surface area contributed by atoms with Gasteiger partial charge in [0.2, 0.25) is 0 Å². The second-order valence-electron chi connectivity index (χ2n) is 9.49. The molecule has 2 radical (unpaired) electrons. The molecule has 0 aromatic carbocycles. The van der Waals surface area contributed by atoms with Gasteiger partial charge < -0.3 is 0 Å². The van der Waals surface area contributed by atoms with Gasteiger partial charge in [0.15, 0.2) is 0 Å². The van der Waals surface area contributed by atoms with Gasteiger partial charge in [-0.3, -0.25) is 0 Å². The average Bonchev–Trinajstić information content (AvgIpc) is 2.67. The van der Waals surface area contributed by atoms with Gasteiger partial charge in [0.05, 0.1) is 7.85 Å². The summed E-state index contributed by atoms with van der Waals surface area (Å²) in [6.07, 6.45) is 23.7. The fourth-order valence-electron chi connectivity index (χ4n) is 4.67. The van der Waals surface area contributed by atoms with Crippen LogP contribution in [0.25, 0.3) is 0 Å². The Morgan fingerprint density at radius 2 is 1.00 bits per heavy atom. The molecule has 0 spiro atoms. The second kappa shape index (κ2) is 19.4. The maximum Gasteiger partial charge on any atom is 0.0656 e. The highest BCUT2D eigenvalue weighted by atomic mass is 14.3. The molecule has 0 aliphatic heterocycles. The molecule has 0 aromatic rings. The van der Waals surface area contributed by atoms with E-state index in [9.17, 15) is 0 Å². The van der Waals surface area contributed by atoms with Crippen LogP contribution in [0.3, 0.4) is 0 Å². The molecule has 160 valence electrons. The standard InChI is InChI=1S/C26H53B/c1-6-9-11-12-13-14-15-17-20-25(19-16-10-7-2)26(18-8-3)21-23(4)24(5)22-27/h23-26H,6-22H2,1-5H3. The van der Waals surface area contributed by atoms with Crippen LogP contribution in [0.4, 0.5) is 0 Å². The summed E-state index contributed by atoms with van der Waals surface area (Å²) >= 11 is 0. The fourth-order valence-corrected chi connectivity index (χ4v) is 4.67. The Kier molecular flexibility index (Phi) is 19.4. The molecule has 0 aliphatic carbocycles. The van der Waals surface area contributed by atoms with Gasteiger partial charge in [-0.25, -0.2) is 0 Å². The summed E-state index contributed by atoms with van der Waals surface area (Å²) in [5, 5.41) is 0. The molecule has 0 saturated heterocycles. The maximum absolute atomic E-state index is 5.95. The van der Waals surface area contributed by atoms with Crippen molar-refractivity contribution in [2.45, 2.75) is 144 Å². The fraction of sp³-hybridized carbons (Fsp3) is 1.00. The van der Waals surface area contributed by atoms with E-state index in [1.165, 1.54) is 103 Å². The molecule has 0 heterocycles. The van der Waals surface area contributed by atoms with E-state index in [2.05, 4.69) is 34.6 Å². The summed E-state index contributed by atoms with van der Waals surface area (Å²) in [6, 6.07) is 0. The van der Waals surface area contributed by atoms with Gasteiger partial charge in [-0.15, -0.1) is 0 Å². The maximum atomic E-state index is 5.95. The van der Waals surface area contributed by atoms with Crippen LogP contribution < -0.4 is 0 Å². The summed E-state index contributed by atoms with van der Waals surface area (Å²) in [5.74, 6) is 3.34. The molecule has 4 atom stereocenters. The van der Waals surface area contributed by atoms with Crippen molar-refractivity contribution in [3.8, 4) is 0 Å². The Morgan fingerprint density at radius 3 is 1.52 bits per heavy atom. The zero-order valence-corrected chi connectivity index (χ0v) is 19.9. The van der Waals surface area contributed by atoms with E-state index >= 15 is 0 Å². The van der Waals surface area contributed by atoms with Crippen LogP contribution in [0, 0.1) is 23.7 Å². The summed E-state index contributed by atoms with van der Waals surface area (Å²) in [7, 11) is 5.95. The molecular weight excluding hydrogens is 323 g/mol. The summed E-state index contributed by atoms with van der Waals surface area (Å²) in [5.41, 5.74) is 0. The highest BCUT2D eigenvalue weighted by Gasteiger charge is 2.24. The average molecular weight is 377 g/mol. The van der Waals surface area contributed by atoms with Gasteiger partial charge in [-0.05, 0) is 30.1 Å². The predicted octanol–water partition coefficient (Wildman–Crippen LogP) is 9.38. The zero-order chi connectivity index (χ0) is 20.3. The monoisotopic (exact) mass is 376 g/mol. The van der Waals surface area contributed by atoms with Crippen LogP contribution in [0.5, 0.6) is 0 Å². The summed E-state index contributed by atoms with van der Waals surface area (Å²) < 4.78 is 0. The number of rotatable bonds is 20. The summed E-state index contributed by atoms with van der Waals surface area (Å²) in [6.45, 7) is 11.8. The van der Waals surface area contributed by atoms with E-state index < -0.39 is 0 Å². The van der Waals surface area contributed by atoms with Crippen molar-refractivity contribution in [2.75, 3.05) is 0 Å². The number of hydrogen-bond donors (Lipinski definition) is 0. The Balaban J connectivity index is 4.44. The molecule has 4 unspecified atom stereocenters. The van der Waals surface area contributed by atoms with E-state index in [1.807, 2.05) is 0 Å². The lowest BCUT2D eigenvalue weighted by Crippen LogP contribution is -2.21. The van der Waals surface area contributed by atoms with E-state index in [-0.39, 0.29) is 0 Å². The lowest BCUT2D eigenvalue weighted by molar-refractivity contribution is 0.202. The SMILES string of the molecule is [B]CC(C)C(C)CC(CCC)C(CCCCC)CCCCCCCCCC. The highest BCUT2D eigenvalue weighted by molar-refractivity contribution is 6.08. The third-order valence-corrected chi connectivity index (χ3v) is 6.95. The lowest BCUT2D eigenvalue weighted by atomic mass is 9.73. The molecule has 0 saturated carbocycles. The Hall–Kier alpha value is 0.0649. The van der Waals surface area contributed by atoms with Crippen molar-refractivity contribution in [3.05, 3.63) is 0 Å². The molecule has 0 rings (SSSR count). The van der Waals surface area contributed by atoms with Gasteiger partial charge in [0.25, 0.3) is 0 Å². The quantitative estimate of drug-likeness (QED) is 0.147. The van der Waals surface area contributed by atoms with Gasteiger partial charge in [-0.2, -0.15) is 0 Å². The van der Waals surface area contributed by atoms with Crippen LogP contribution in [0.2, 0.25) is 6.32 Å². The largest absolute Gasteiger partial charge is 0.0859 e. The van der Waals surface area contributed by atoms with E-state index in [4.69, 9.17) is 7.85 Å². The smallest absolute Gasteiger partial charge is 0.0656 e. The molecule has 0 aliphatic rings. The van der Waals surface area contributed by atoms with Gasteiger partial charge in [0.1, 0.15) is 0 Å². The zero-order valence-electron chi connectivity index (χ0n) is 19.9. The predicted molar refractivity (Wildman–Crippen MR) is 127 cm³/mol. The van der Waals surface area contributed by atoms with Crippen molar-refractivity contribution in [3.63, 3.8) is 0 Å². The minimum atomic E-state index is 0.670. The van der Waals surface area contributed by atoms with Crippen molar-refractivity contribution in [1.29, 1.82) is 0 Å². The van der Waals surface area contributed by atoms with Crippen LogP contribution in [0.1, 0.15) is 137 Å². The van der Waals surface area contributed by atoms with Crippen LogP contribution >= 0.6 is 0 Å². The molecule has 0 fully saturated rings. The highest BCUT2D eigenvalue weighted by Crippen LogP contribution is 2.35. The van der Waals surface area contributed by atoms with Crippen LogP contribution in [0.15, 0.2) is 0 Å². The molecule has 0 bridgehead atoms. The second-order valence-corrected chi connectivity index (χ2v) is 9.49. The third-order valence-electron chi connectivity index (χ3n) is 6.95. The summed E-state index contributed by atoms with van der Waals surface area (Å²) in [4.78, 5) is 0. The first-order chi connectivity index (χ1) is 13.1. The normalized spacial score (nSPS) is 16.2. The topological polar surface area (TPSA) is 0 Å². The number of hydrogen-bond acceptors (Lipinski definition) is 0. The first-order valence-corrected chi connectivity index (χ1v) is 12.8. The molecule has 1 heteroatoms. The first kappa shape index (κ1) is 27.1. The number of unbranched alkanes of at least 4 members (excludes halogenated alkanes) is 9. The molecular formula is C26H53B. The molecule has 0 nitrogen and oxygen atoms in total. The van der Waals surface area contributed by atoms with E-state index in [1.54, 1.807) is 0 Å². The minimum absolute atomic E-state index is 0.670. The van der Waals surface area contributed by atoms with Crippen molar-refractivity contribution < 1.29 is 0 Å². The van der Waals surface area contributed by atoms with Gasteiger partial charge in [-0.1, -0.05) is 137 Å². The van der Waals surface area contributed by atoms with Gasteiger partial charge in [0, 0.05) is 0 Å². The molecule has 0 N–H and O–H groups in total. The first-order valence-electron chi connectivity index (χ1n) is 12.8. The molecule has 0 aromatic heterocycles. The molecule has 0 amide bonds. The van der Waals surface area contributed by atoms with Crippen molar-refractivity contribution in [1.82, 2.24) is 0 Å². The Labute approximate surface area is 175 Å².